The Hall–Kier alpha value is -1.56. The normalized spacial score (nSPS) is 27.7. The average molecular weight is 208 g/mol. The molecule has 1 aliphatic carbocycles. The molecule has 0 saturated heterocycles. The Kier molecular flexibility index (Phi) is 2.28. The second-order valence-corrected chi connectivity index (χ2v) is 4.73. The predicted molar refractivity (Wildman–Crippen MR) is 67.5 cm³/mol. The maximum Gasteiger partial charge on any atom is -0.00586 e. The third-order valence-electron chi connectivity index (χ3n) is 3.75. The number of benzene rings is 2. The van der Waals surface area contributed by atoms with E-state index in [2.05, 4.69) is 67.6 Å². The second-order valence-electron chi connectivity index (χ2n) is 4.73. The van der Waals surface area contributed by atoms with E-state index in [1.54, 1.807) is 0 Å². The third kappa shape index (κ3) is 1.55. The van der Waals surface area contributed by atoms with Crippen molar-refractivity contribution >= 4 is 0 Å². The number of hydrogen-bond acceptors (Lipinski definition) is 0. The van der Waals surface area contributed by atoms with Gasteiger partial charge in [-0.3, -0.25) is 0 Å². The molecule has 0 nitrogen and oxygen atoms in total. The Morgan fingerprint density at radius 2 is 1.00 bits per heavy atom. The molecule has 0 bridgehead atoms. The lowest BCUT2D eigenvalue weighted by molar-refractivity contribution is 0.896. The molecule has 0 unspecified atom stereocenters. The van der Waals surface area contributed by atoms with Gasteiger partial charge in [0.25, 0.3) is 0 Å². The van der Waals surface area contributed by atoms with E-state index in [0.29, 0.717) is 0 Å². The summed E-state index contributed by atoms with van der Waals surface area (Å²) in [5.41, 5.74) is 2.98. The number of hydrogen-bond donors (Lipinski definition) is 0. The van der Waals surface area contributed by atoms with Crippen LogP contribution in [0.4, 0.5) is 0 Å². The Morgan fingerprint density at radius 3 is 1.38 bits per heavy atom. The summed E-state index contributed by atoms with van der Waals surface area (Å²) in [5.74, 6) is 2.23. The van der Waals surface area contributed by atoms with Gasteiger partial charge in [-0.05, 0) is 28.9 Å². The summed E-state index contributed by atoms with van der Waals surface area (Å²) in [6, 6.07) is 21.8. The fourth-order valence-corrected chi connectivity index (χ4v) is 2.84. The van der Waals surface area contributed by atoms with Gasteiger partial charge in [0.05, 0.1) is 0 Å². The SMILES string of the molecule is CC1[C@@H](c2ccccc2)[C@@H]1c1ccccc1. The smallest absolute Gasteiger partial charge is 0.00586 e. The van der Waals surface area contributed by atoms with Gasteiger partial charge in [0.2, 0.25) is 0 Å². The van der Waals surface area contributed by atoms with Gasteiger partial charge >= 0.3 is 0 Å². The molecule has 2 aromatic carbocycles. The van der Waals surface area contributed by atoms with Crippen LogP contribution < -0.4 is 0 Å². The molecule has 0 N–H and O–H groups in total. The van der Waals surface area contributed by atoms with E-state index in [4.69, 9.17) is 0 Å². The van der Waals surface area contributed by atoms with E-state index in [1.165, 1.54) is 11.1 Å². The maximum atomic E-state index is 2.36. The molecule has 0 aliphatic heterocycles. The quantitative estimate of drug-likeness (QED) is 0.693. The van der Waals surface area contributed by atoms with E-state index in [0.717, 1.165) is 17.8 Å². The molecule has 80 valence electrons. The van der Waals surface area contributed by atoms with E-state index >= 15 is 0 Å². The summed E-state index contributed by atoms with van der Waals surface area (Å²) in [5, 5.41) is 0. The van der Waals surface area contributed by atoms with Crippen molar-refractivity contribution in [2.45, 2.75) is 18.8 Å². The highest BCUT2D eigenvalue weighted by Gasteiger charge is 2.47. The minimum Gasteiger partial charge on any atom is -0.0622 e. The van der Waals surface area contributed by atoms with Crippen molar-refractivity contribution in [2.75, 3.05) is 0 Å². The predicted octanol–water partition coefficient (Wildman–Crippen LogP) is 4.20. The average Bonchev–Trinajstić information content (AvgIpc) is 3.03. The fraction of sp³-hybridized carbons (Fsp3) is 0.250. The van der Waals surface area contributed by atoms with Crippen LogP contribution in [0.15, 0.2) is 60.7 Å². The first-order chi connectivity index (χ1) is 7.88. The van der Waals surface area contributed by atoms with Crippen molar-refractivity contribution in [1.29, 1.82) is 0 Å². The summed E-state index contributed by atoms with van der Waals surface area (Å²) in [6.07, 6.45) is 0. The van der Waals surface area contributed by atoms with Crippen LogP contribution >= 0.6 is 0 Å². The zero-order chi connectivity index (χ0) is 11.0. The lowest BCUT2D eigenvalue weighted by Gasteiger charge is -2.00. The molecule has 1 fully saturated rings. The molecule has 0 heterocycles. The monoisotopic (exact) mass is 208 g/mol. The van der Waals surface area contributed by atoms with Crippen LogP contribution in [-0.4, -0.2) is 0 Å². The first-order valence-electron chi connectivity index (χ1n) is 5.98. The highest BCUT2D eigenvalue weighted by atomic mass is 14.5. The largest absolute Gasteiger partial charge is 0.0622 e. The molecule has 0 spiro atoms. The number of rotatable bonds is 2. The summed E-state index contributed by atoms with van der Waals surface area (Å²) in [6.45, 7) is 2.36. The maximum absolute atomic E-state index is 2.36. The standard InChI is InChI=1S/C16H16/c1-12-15(13-8-4-2-5-9-13)16(12)14-10-6-3-7-11-14/h2-12,15-16H,1H3/t15-,16-/m0/s1. The zero-order valence-electron chi connectivity index (χ0n) is 9.51. The molecule has 3 rings (SSSR count). The van der Waals surface area contributed by atoms with Crippen LogP contribution in [0.3, 0.4) is 0 Å². The summed E-state index contributed by atoms with van der Waals surface area (Å²) in [4.78, 5) is 0. The lowest BCUT2D eigenvalue weighted by atomic mass is 10.0. The Balaban J connectivity index is 1.87. The van der Waals surface area contributed by atoms with Crippen LogP contribution in [-0.2, 0) is 0 Å². The van der Waals surface area contributed by atoms with Crippen LogP contribution in [0.2, 0.25) is 0 Å². The van der Waals surface area contributed by atoms with Gasteiger partial charge in [-0.25, -0.2) is 0 Å². The van der Waals surface area contributed by atoms with Crippen molar-refractivity contribution < 1.29 is 0 Å². The molecular formula is C16H16. The summed E-state index contributed by atoms with van der Waals surface area (Å²) < 4.78 is 0. The third-order valence-corrected chi connectivity index (χ3v) is 3.75. The molecular weight excluding hydrogens is 192 g/mol. The van der Waals surface area contributed by atoms with Crippen molar-refractivity contribution in [2.24, 2.45) is 5.92 Å². The molecule has 16 heavy (non-hydrogen) atoms. The molecule has 0 heteroatoms. The molecule has 2 aromatic rings. The van der Waals surface area contributed by atoms with Crippen LogP contribution in [0.5, 0.6) is 0 Å². The van der Waals surface area contributed by atoms with Gasteiger partial charge in [0, 0.05) is 0 Å². The highest BCUT2D eigenvalue weighted by Crippen LogP contribution is 2.59. The van der Waals surface area contributed by atoms with Crippen molar-refractivity contribution in [1.82, 2.24) is 0 Å². The van der Waals surface area contributed by atoms with Crippen molar-refractivity contribution in [3.8, 4) is 0 Å². The topological polar surface area (TPSA) is 0 Å². The Labute approximate surface area is 96.9 Å². The minimum absolute atomic E-state index is 0.726. The van der Waals surface area contributed by atoms with Crippen molar-refractivity contribution in [3.05, 3.63) is 71.8 Å². The van der Waals surface area contributed by atoms with Crippen LogP contribution in [0, 0.1) is 5.92 Å². The van der Waals surface area contributed by atoms with E-state index in [1.807, 2.05) is 0 Å². The van der Waals surface area contributed by atoms with E-state index in [9.17, 15) is 0 Å². The van der Waals surface area contributed by atoms with Crippen LogP contribution in [0.1, 0.15) is 29.9 Å². The first kappa shape index (κ1) is 9.65. The van der Waals surface area contributed by atoms with Gasteiger partial charge in [0.15, 0.2) is 0 Å². The van der Waals surface area contributed by atoms with Gasteiger partial charge in [0.1, 0.15) is 0 Å². The molecule has 0 amide bonds. The molecule has 0 aromatic heterocycles. The van der Waals surface area contributed by atoms with Gasteiger partial charge in [-0.1, -0.05) is 67.6 Å². The van der Waals surface area contributed by atoms with Gasteiger partial charge < -0.3 is 0 Å². The lowest BCUT2D eigenvalue weighted by Crippen LogP contribution is -1.82. The molecule has 1 aliphatic rings. The van der Waals surface area contributed by atoms with Crippen molar-refractivity contribution in [3.63, 3.8) is 0 Å². The minimum atomic E-state index is 0.726. The first-order valence-corrected chi connectivity index (χ1v) is 5.98. The fourth-order valence-electron chi connectivity index (χ4n) is 2.84. The van der Waals surface area contributed by atoms with E-state index in [-0.39, 0.29) is 0 Å². The van der Waals surface area contributed by atoms with E-state index < -0.39 is 0 Å². The van der Waals surface area contributed by atoms with Crippen LogP contribution in [0.25, 0.3) is 0 Å². The molecule has 0 radical (unpaired) electrons. The molecule has 2 atom stereocenters. The second kappa shape index (κ2) is 3.79. The Morgan fingerprint density at radius 1 is 0.625 bits per heavy atom. The van der Waals surface area contributed by atoms with Gasteiger partial charge in [-0.2, -0.15) is 0 Å². The molecule has 1 saturated carbocycles. The summed E-state index contributed by atoms with van der Waals surface area (Å²) >= 11 is 0. The van der Waals surface area contributed by atoms with Gasteiger partial charge in [-0.15, -0.1) is 0 Å². The summed E-state index contributed by atoms with van der Waals surface area (Å²) in [7, 11) is 0. The Bertz CT molecular complexity index is 412. The zero-order valence-corrected chi connectivity index (χ0v) is 9.51. The highest BCUT2D eigenvalue weighted by molar-refractivity contribution is 5.38.